The molecule has 0 heterocycles. The van der Waals surface area contributed by atoms with E-state index in [-0.39, 0.29) is 5.97 Å². The Morgan fingerprint density at radius 3 is 2.42 bits per heavy atom. The van der Waals surface area contributed by atoms with Crippen LogP contribution in [-0.2, 0) is 4.79 Å². The lowest BCUT2D eigenvalue weighted by atomic mass is 10.0. The van der Waals surface area contributed by atoms with Crippen molar-refractivity contribution in [2.45, 2.75) is 13.8 Å². The van der Waals surface area contributed by atoms with Crippen LogP contribution in [0.4, 0.5) is 5.69 Å². The molecule has 2 aromatic rings. The molecule has 4 heteroatoms. The molecule has 0 aliphatic rings. The zero-order chi connectivity index (χ0) is 13.8. The van der Waals surface area contributed by atoms with E-state index in [1.54, 1.807) is 0 Å². The van der Waals surface area contributed by atoms with Crippen molar-refractivity contribution in [3.8, 4) is 16.9 Å². The van der Waals surface area contributed by atoms with Crippen molar-refractivity contribution in [2.75, 3.05) is 5.43 Å². The summed E-state index contributed by atoms with van der Waals surface area (Å²) in [5.41, 5.74) is 6.14. The largest absolute Gasteiger partial charge is 0.426 e. The van der Waals surface area contributed by atoms with E-state index in [9.17, 15) is 4.79 Å². The monoisotopic (exact) mass is 256 g/mol. The topological polar surface area (TPSA) is 64.3 Å². The maximum Gasteiger partial charge on any atom is 0.308 e. The van der Waals surface area contributed by atoms with E-state index >= 15 is 0 Å². The molecule has 19 heavy (non-hydrogen) atoms. The van der Waals surface area contributed by atoms with Gasteiger partial charge in [0.1, 0.15) is 5.75 Å². The molecule has 4 nitrogen and oxygen atoms in total. The second-order valence-corrected chi connectivity index (χ2v) is 4.25. The number of hydrazine groups is 1. The highest BCUT2D eigenvalue weighted by Crippen LogP contribution is 2.32. The van der Waals surface area contributed by atoms with Gasteiger partial charge < -0.3 is 10.2 Å². The number of hydrogen-bond acceptors (Lipinski definition) is 4. The van der Waals surface area contributed by atoms with Crippen LogP contribution in [-0.4, -0.2) is 5.97 Å². The summed E-state index contributed by atoms with van der Waals surface area (Å²) < 4.78 is 5.22. The fraction of sp³-hybridized carbons (Fsp3) is 0.133. The average Bonchev–Trinajstić information content (AvgIpc) is 2.41. The van der Waals surface area contributed by atoms with Gasteiger partial charge in [0.05, 0.1) is 5.69 Å². The van der Waals surface area contributed by atoms with E-state index in [0.29, 0.717) is 5.75 Å². The second-order valence-electron chi connectivity index (χ2n) is 4.25. The number of rotatable bonds is 3. The summed E-state index contributed by atoms with van der Waals surface area (Å²) in [5, 5.41) is 0. The Morgan fingerprint density at radius 2 is 1.84 bits per heavy atom. The Kier molecular flexibility index (Phi) is 3.82. The molecule has 0 atom stereocenters. The van der Waals surface area contributed by atoms with Gasteiger partial charge in [-0.1, -0.05) is 30.3 Å². The van der Waals surface area contributed by atoms with Gasteiger partial charge in [-0.25, -0.2) is 0 Å². The number of anilines is 1. The van der Waals surface area contributed by atoms with Crippen molar-refractivity contribution in [1.29, 1.82) is 0 Å². The molecular weight excluding hydrogens is 240 g/mol. The van der Waals surface area contributed by atoms with Gasteiger partial charge in [0, 0.05) is 12.5 Å². The first kappa shape index (κ1) is 13.1. The zero-order valence-corrected chi connectivity index (χ0v) is 10.9. The van der Waals surface area contributed by atoms with Gasteiger partial charge in [0.2, 0.25) is 0 Å². The van der Waals surface area contributed by atoms with Crippen LogP contribution in [0.2, 0.25) is 0 Å². The second kappa shape index (κ2) is 5.54. The molecule has 0 saturated heterocycles. The van der Waals surface area contributed by atoms with Crippen LogP contribution in [0.15, 0.2) is 42.5 Å². The Balaban J connectivity index is 2.54. The number of esters is 1. The molecule has 0 aliphatic carbocycles. The third kappa shape index (κ3) is 2.92. The van der Waals surface area contributed by atoms with Crippen molar-refractivity contribution in [3.63, 3.8) is 0 Å². The van der Waals surface area contributed by atoms with Crippen molar-refractivity contribution in [2.24, 2.45) is 5.84 Å². The van der Waals surface area contributed by atoms with Crippen LogP contribution in [0.25, 0.3) is 11.1 Å². The summed E-state index contributed by atoms with van der Waals surface area (Å²) in [5.74, 6) is 5.67. The van der Waals surface area contributed by atoms with Crippen LogP contribution in [0.3, 0.4) is 0 Å². The summed E-state index contributed by atoms with van der Waals surface area (Å²) >= 11 is 0. The Hall–Kier alpha value is -2.33. The summed E-state index contributed by atoms with van der Waals surface area (Å²) in [6.45, 7) is 3.23. The Labute approximate surface area is 112 Å². The highest BCUT2D eigenvalue weighted by atomic mass is 16.5. The van der Waals surface area contributed by atoms with Crippen molar-refractivity contribution in [3.05, 3.63) is 48.0 Å². The third-order valence-corrected chi connectivity index (χ3v) is 2.88. The first-order chi connectivity index (χ1) is 9.11. The van der Waals surface area contributed by atoms with E-state index in [1.165, 1.54) is 6.92 Å². The van der Waals surface area contributed by atoms with Crippen LogP contribution >= 0.6 is 0 Å². The lowest BCUT2D eigenvalue weighted by Gasteiger charge is -2.13. The van der Waals surface area contributed by atoms with Crippen LogP contribution < -0.4 is 16.0 Å². The van der Waals surface area contributed by atoms with Gasteiger partial charge in [-0.15, -0.1) is 0 Å². The molecule has 0 unspecified atom stereocenters. The minimum atomic E-state index is -0.351. The highest BCUT2D eigenvalue weighted by Gasteiger charge is 2.10. The number of nitrogen functional groups attached to an aromatic ring is 1. The Bertz CT molecular complexity index is 595. The molecule has 0 saturated carbocycles. The number of nitrogens with one attached hydrogen (secondary N) is 1. The molecule has 2 aromatic carbocycles. The molecule has 0 radical (unpaired) electrons. The fourth-order valence-corrected chi connectivity index (χ4v) is 1.90. The first-order valence-electron chi connectivity index (χ1n) is 5.97. The van der Waals surface area contributed by atoms with Crippen molar-refractivity contribution >= 4 is 11.7 Å². The van der Waals surface area contributed by atoms with Crippen molar-refractivity contribution < 1.29 is 9.53 Å². The summed E-state index contributed by atoms with van der Waals surface area (Å²) in [7, 11) is 0. The quantitative estimate of drug-likeness (QED) is 0.383. The van der Waals surface area contributed by atoms with Crippen LogP contribution in [0.1, 0.15) is 12.5 Å². The summed E-state index contributed by atoms with van der Waals surface area (Å²) in [6, 6.07) is 13.6. The molecule has 0 amide bonds. The highest BCUT2D eigenvalue weighted by molar-refractivity contribution is 5.76. The van der Waals surface area contributed by atoms with E-state index < -0.39 is 0 Å². The smallest absolute Gasteiger partial charge is 0.308 e. The fourth-order valence-electron chi connectivity index (χ4n) is 1.90. The molecule has 2 rings (SSSR count). The van der Waals surface area contributed by atoms with E-state index in [4.69, 9.17) is 10.6 Å². The van der Waals surface area contributed by atoms with Gasteiger partial charge in [0.15, 0.2) is 0 Å². The van der Waals surface area contributed by atoms with Gasteiger partial charge in [-0.05, 0) is 30.2 Å². The van der Waals surface area contributed by atoms with Gasteiger partial charge in [-0.2, -0.15) is 0 Å². The molecule has 98 valence electrons. The van der Waals surface area contributed by atoms with Crippen molar-refractivity contribution in [1.82, 2.24) is 0 Å². The predicted molar refractivity (Wildman–Crippen MR) is 75.7 cm³/mol. The average molecular weight is 256 g/mol. The van der Waals surface area contributed by atoms with Crippen LogP contribution in [0, 0.1) is 6.92 Å². The number of carbonyl (C=O) groups excluding carboxylic acids is 1. The van der Waals surface area contributed by atoms with Gasteiger partial charge >= 0.3 is 5.97 Å². The molecule has 0 aliphatic heterocycles. The van der Waals surface area contributed by atoms with Gasteiger partial charge in [0.25, 0.3) is 0 Å². The number of benzene rings is 2. The molecule has 0 fully saturated rings. The first-order valence-corrected chi connectivity index (χ1v) is 5.97. The minimum absolute atomic E-state index is 0.351. The summed E-state index contributed by atoms with van der Waals surface area (Å²) in [6.07, 6.45) is 0. The van der Waals surface area contributed by atoms with Crippen LogP contribution in [0.5, 0.6) is 5.75 Å². The molecule has 0 aromatic heterocycles. The minimum Gasteiger partial charge on any atom is -0.426 e. The number of carbonyl (C=O) groups is 1. The maximum absolute atomic E-state index is 11.1. The standard InChI is InChI=1S/C15H16N2O2/c1-10-14(17-16)8-13(9-15(10)19-11(2)18)12-6-4-3-5-7-12/h3-9,17H,16H2,1-2H3. The third-order valence-electron chi connectivity index (χ3n) is 2.88. The molecule has 0 spiro atoms. The lowest BCUT2D eigenvalue weighted by molar-refractivity contribution is -0.131. The van der Waals surface area contributed by atoms with Gasteiger partial charge in [-0.3, -0.25) is 10.6 Å². The molecular formula is C15H16N2O2. The van der Waals surface area contributed by atoms with E-state index in [2.05, 4.69) is 5.43 Å². The summed E-state index contributed by atoms with van der Waals surface area (Å²) in [4.78, 5) is 11.1. The number of nitrogens with two attached hydrogens (primary N) is 1. The maximum atomic E-state index is 11.1. The SMILES string of the molecule is CC(=O)Oc1cc(-c2ccccc2)cc(NN)c1C. The lowest BCUT2D eigenvalue weighted by Crippen LogP contribution is -2.10. The van der Waals surface area contributed by atoms with E-state index in [1.807, 2.05) is 49.4 Å². The molecule has 0 bridgehead atoms. The zero-order valence-electron chi connectivity index (χ0n) is 10.9. The molecule has 3 N–H and O–H groups in total. The normalized spacial score (nSPS) is 10.1. The van der Waals surface area contributed by atoms with E-state index in [0.717, 1.165) is 22.4 Å². The number of ether oxygens (including phenoxy) is 1. The number of hydrogen-bond donors (Lipinski definition) is 2. The predicted octanol–water partition coefficient (Wildman–Crippen LogP) is 2.87. The Morgan fingerprint density at radius 1 is 1.16 bits per heavy atom.